The zero-order valence-electron chi connectivity index (χ0n) is 5.04. The van der Waals surface area contributed by atoms with E-state index in [-0.39, 0.29) is 0 Å². The van der Waals surface area contributed by atoms with Gasteiger partial charge in [0.25, 0.3) is 0 Å². The minimum absolute atomic E-state index is 0.881. The molecule has 0 unspecified atom stereocenters. The lowest BCUT2D eigenvalue weighted by atomic mass is 10.3. The van der Waals surface area contributed by atoms with Crippen LogP contribution in [-0.2, 0) is 0 Å². The van der Waals surface area contributed by atoms with Crippen LogP contribution < -0.4 is 0 Å². The number of allylic oxidation sites excluding steroid dienone is 2. The Hall–Kier alpha value is -0.260. The van der Waals surface area contributed by atoms with E-state index in [1.807, 2.05) is 11.1 Å². The summed E-state index contributed by atoms with van der Waals surface area (Å²) >= 11 is 0. The van der Waals surface area contributed by atoms with E-state index in [0.717, 1.165) is 5.41 Å². The predicted octanol–water partition coefficient (Wildman–Crippen LogP) is 2.26. The van der Waals surface area contributed by atoms with Crippen molar-refractivity contribution in [2.45, 2.75) is 32.1 Å². The molecule has 1 spiro atoms. The predicted molar refractivity (Wildman–Crippen MR) is 32.5 cm³/mol. The van der Waals surface area contributed by atoms with Crippen LogP contribution in [0.25, 0.3) is 0 Å². The van der Waals surface area contributed by atoms with Gasteiger partial charge in [0, 0.05) is 0 Å². The lowest BCUT2D eigenvalue weighted by Crippen LogP contribution is -1.58. The Bertz CT molecular complexity index is 176. The lowest BCUT2D eigenvalue weighted by molar-refractivity contribution is 0.937. The van der Waals surface area contributed by atoms with E-state index in [0.29, 0.717) is 0 Å². The van der Waals surface area contributed by atoms with Crippen LogP contribution in [0.15, 0.2) is 11.1 Å². The van der Waals surface area contributed by atoms with Crippen LogP contribution in [0.2, 0.25) is 0 Å². The Morgan fingerprint density at radius 1 is 1.12 bits per heavy atom. The highest BCUT2D eigenvalue weighted by Crippen LogP contribution is 2.73. The van der Waals surface area contributed by atoms with Gasteiger partial charge in [0.15, 0.2) is 0 Å². The zero-order valence-corrected chi connectivity index (χ0v) is 5.04. The quantitative estimate of drug-likeness (QED) is 0.415. The summed E-state index contributed by atoms with van der Waals surface area (Å²) in [6.07, 6.45) is 7.48. The summed E-state index contributed by atoms with van der Waals surface area (Å²) in [4.78, 5) is 0. The van der Waals surface area contributed by atoms with Crippen molar-refractivity contribution in [2.75, 3.05) is 0 Å². The molecule has 0 aliphatic heterocycles. The molecule has 0 aromatic heterocycles. The van der Waals surface area contributed by atoms with E-state index in [9.17, 15) is 0 Å². The highest BCUT2D eigenvalue weighted by Gasteiger charge is 2.60. The molecular formula is C8H10. The Balaban J connectivity index is 2.05. The van der Waals surface area contributed by atoms with E-state index in [1.165, 1.54) is 32.1 Å². The molecule has 3 aliphatic rings. The Kier molecular flexibility index (Phi) is 0.367. The van der Waals surface area contributed by atoms with Crippen molar-refractivity contribution in [2.24, 2.45) is 5.41 Å². The van der Waals surface area contributed by atoms with E-state index in [2.05, 4.69) is 0 Å². The van der Waals surface area contributed by atoms with Gasteiger partial charge in [-0.15, -0.1) is 0 Å². The maximum atomic E-state index is 1.89. The molecule has 3 rings (SSSR count). The molecule has 0 atom stereocenters. The minimum atomic E-state index is 0.881. The smallest absolute Gasteiger partial charge is 0.00470 e. The van der Waals surface area contributed by atoms with Gasteiger partial charge in [-0.25, -0.2) is 0 Å². The first kappa shape index (κ1) is 3.71. The molecule has 3 fully saturated rings. The first-order chi connectivity index (χ1) is 3.91. The fourth-order valence-corrected chi connectivity index (χ4v) is 1.79. The van der Waals surface area contributed by atoms with Gasteiger partial charge in [-0.2, -0.15) is 0 Å². The van der Waals surface area contributed by atoms with E-state index < -0.39 is 0 Å². The summed E-state index contributed by atoms with van der Waals surface area (Å²) in [5.41, 5.74) is 4.60. The third kappa shape index (κ3) is 0.300. The number of hydrogen-bond acceptors (Lipinski definition) is 0. The molecule has 0 bridgehead atoms. The highest BCUT2D eigenvalue weighted by molar-refractivity contribution is 5.47. The van der Waals surface area contributed by atoms with Gasteiger partial charge in [-0.05, 0) is 37.5 Å². The summed E-state index contributed by atoms with van der Waals surface area (Å²) in [6.45, 7) is 0. The van der Waals surface area contributed by atoms with Crippen LogP contribution in [0.3, 0.4) is 0 Å². The lowest BCUT2D eigenvalue weighted by Gasteiger charge is -1.70. The van der Waals surface area contributed by atoms with Gasteiger partial charge >= 0.3 is 0 Å². The SMILES string of the molecule is C1CC1=C1CC12CC2. The van der Waals surface area contributed by atoms with Crippen molar-refractivity contribution in [1.82, 2.24) is 0 Å². The molecule has 3 saturated carbocycles. The summed E-state index contributed by atoms with van der Waals surface area (Å²) in [5, 5.41) is 0. The third-order valence-corrected chi connectivity index (χ3v) is 2.81. The second-order valence-corrected chi connectivity index (χ2v) is 3.54. The average Bonchev–Trinajstić information content (AvgIpc) is 2.62. The summed E-state index contributed by atoms with van der Waals surface area (Å²) < 4.78 is 0. The largest absolute Gasteiger partial charge is 0.0698 e. The molecule has 8 heavy (non-hydrogen) atoms. The van der Waals surface area contributed by atoms with E-state index >= 15 is 0 Å². The first-order valence-corrected chi connectivity index (χ1v) is 3.62. The third-order valence-electron chi connectivity index (χ3n) is 2.81. The van der Waals surface area contributed by atoms with E-state index in [1.54, 1.807) is 0 Å². The van der Waals surface area contributed by atoms with Crippen LogP contribution in [0.5, 0.6) is 0 Å². The molecule has 3 aliphatic carbocycles. The van der Waals surface area contributed by atoms with Crippen molar-refractivity contribution in [3.63, 3.8) is 0 Å². The van der Waals surface area contributed by atoms with Gasteiger partial charge in [0.1, 0.15) is 0 Å². The van der Waals surface area contributed by atoms with Gasteiger partial charge in [0.2, 0.25) is 0 Å². The van der Waals surface area contributed by atoms with Gasteiger partial charge in [0.05, 0.1) is 0 Å². The van der Waals surface area contributed by atoms with Crippen LogP contribution in [-0.4, -0.2) is 0 Å². The second-order valence-electron chi connectivity index (χ2n) is 3.54. The van der Waals surface area contributed by atoms with Crippen molar-refractivity contribution in [3.8, 4) is 0 Å². The van der Waals surface area contributed by atoms with Gasteiger partial charge < -0.3 is 0 Å². The van der Waals surface area contributed by atoms with Crippen LogP contribution in [0.1, 0.15) is 32.1 Å². The molecule has 0 aromatic rings. The van der Waals surface area contributed by atoms with E-state index in [4.69, 9.17) is 0 Å². The normalized spacial score (nSPS) is 36.0. The number of hydrogen-bond donors (Lipinski definition) is 0. The highest BCUT2D eigenvalue weighted by atomic mass is 14.6. The van der Waals surface area contributed by atoms with Crippen LogP contribution >= 0.6 is 0 Å². The standard InChI is InChI=1S/C8H10/c1-2-6(1)7-5-8(7)3-4-8/h1-5H2. The van der Waals surface area contributed by atoms with Gasteiger partial charge in [-0.1, -0.05) is 11.1 Å². The Morgan fingerprint density at radius 3 is 2.25 bits per heavy atom. The molecule has 0 heterocycles. The molecule has 0 N–H and O–H groups in total. The molecule has 0 aromatic carbocycles. The molecule has 0 amide bonds. The van der Waals surface area contributed by atoms with Crippen LogP contribution in [0, 0.1) is 5.41 Å². The summed E-state index contributed by atoms with van der Waals surface area (Å²) in [7, 11) is 0. The molecule has 0 radical (unpaired) electrons. The number of rotatable bonds is 0. The molecule has 0 nitrogen and oxygen atoms in total. The average molecular weight is 106 g/mol. The minimum Gasteiger partial charge on any atom is -0.0698 e. The van der Waals surface area contributed by atoms with Crippen molar-refractivity contribution >= 4 is 0 Å². The topological polar surface area (TPSA) is 0 Å². The fraction of sp³-hybridized carbons (Fsp3) is 0.750. The molecule has 0 saturated heterocycles. The Morgan fingerprint density at radius 2 is 1.88 bits per heavy atom. The second kappa shape index (κ2) is 0.792. The monoisotopic (exact) mass is 106 g/mol. The maximum Gasteiger partial charge on any atom is -0.00470 e. The fourth-order valence-electron chi connectivity index (χ4n) is 1.79. The summed E-state index contributed by atoms with van der Waals surface area (Å²) in [5.74, 6) is 0. The zero-order chi connectivity index (χ0) is 5.19. The van der Waals surface area contributed by atoms with Crippen LogP contribution in [0.4, 0.5) is 0 Å². The van der Waals surface area contributed by atoms with Gasteiger partial charge in [-0.3, -0.25) is 0 Å². The Labute approximate surface area is 49.6 Å². The molecule has 42 valence electrons. The van der Waals surface area contributed by atoms with Crippen molar-refractivity contribution in [3.05, 3.63) is 11.1 Å². The molecular weight excluding hydrogens is 96.1 g/mol. The first-order valence-electron chi connectivity index (χ1n) is 3.62. The maximum absolute atomic E-state index is 1.89. The van der Waals surface area contributed by atoms with Crippen molar-refractivity contribution in [1.29, 1.82) is 0 Å². The van der Waals surface area contributed by atoms with Crippen molar-refractivity contribution < 1.29 is 0 Å². The molecule has 0 heteroatoms. The summed E-state index contributed by atoms with van der Waals surface area (Å²) in [6, 6.07) is 0.